The highest BCUT2D eigenvalue weighted by atomic mass is 32.1. The van der Waals surface area contributed by atoms with E-state index in [1.165, 1.54) is 11.3 Å². The molecule has 0 saturated carbocycles. The summed E-state index contributed by atoms with van der Waals surface area (Å²) in [5, 5.41) is 5.23. The molecule has 4 rings (SSSR count). The van der Waals surface area contributed by atoms with Crippen LogP contribution < -0.4 is 11.1 Å². The number of furan rings is 1. The fraction of sp³-hybridized carbons (Fsp3) is 0.250. The van der Waals surface area contributed by atoms with Gasteiger partial charge in [-0.05, 0) is 43.3 Å². The van der Waals surface area contributed by atoms with Crippen molar-refractivity contribution in [3.63, 3.8) is 0 Å². The van der Waals surface area contributed by atoms with Crippen LogP contribution in [0.15, 0.2) is 46.4 Å². The van der Waals surface area contributed by atoms with Crippen LogP contribution in [0.1, 0.15) is 29.5 Å². The maximum atomic E-state index is 12.7. The lowest BCUT2D eigenvalue weighted by molar-refractivity contribution is 0.102. The average Bonchev–Trinajstić information content (AvgIpc) is 3.44. The molecule has 28 heavy (non-hydrogen) atoms. The molecule has 1 aromatic carbocycles. The van der Waals surface area contributed by atoms with Gasteiger partial charge in [-0.3, -0.25) is 10.1 Å². The molecule has 0 aliphatic heterocycles. The second kappa shape index (κ2) is 7.95. The number of carbonyl (C=O) groups is 1. The van der Waals surface area contributed by atoms with Gasteiger partial charge in [0.15, 0.2) is 10.9 Å². The van der Waals surface area contributed by atoms with Crippen LogP contribution in [0.5, 0.6) is 0 Å². The molecule has 1 amide bonds. The molecule has 7 nitrogen and oxygen atoms in total. The summed E-state index contributed by atoms with van der Waals surface area (Å²) in [5.74, 6) is 1.47. The zero-order chi connectivity index (χ0) is 19.5. The first kappa shape index (κ1) is 18.4. The summed E-state index contributed by atoms with van der Waals surface area (Å²) in [6.07, 6.45) is 3.32. The first-order chi connectivity index (χ1) is 13.7. The highest BCUT2D eigenvalue weighted by Crippen LogP contribution is 2.26. The van der Waals surface area contributed by atoms with Crippen LogP contribution in [0.2, 0.25) is 0 Å². The summed E-state index contributed by atoms with van der Waals surface area (Å²) in [6, 6.07) is 9.23. The number of benzene rings is 1. The molecule has 8 heteroatoms. The molecule has 3 N–H and O–H groups in total. The van der Waals surface area contributed by atoms with E-state index in [-0.39, 0.29) is 5.91 Å². The molecule has 0 spiro atoms. The van der Waals surface area contributed by atoms with Crippen LogP contribution in [0.3, 0.4) is 0 Å². The van der Waals surface area contributed by atoms with E-state index in [0.717, 1.165) is 36.2 Å². The van der Waals surface area contributed by atoms with Crippen molar-refractivity contribution in [3.8, 4) is 11.5 Å². The summed E-state index contributed by atoms with van der Waals surface area (Å²) in [7, 11) is 0. The van der Waals surface area contributed by atoms with E-state index in [2.05, 4.69) is 26.8 Å². The quantitative estimate of drug-likeness (QED) is 0.494. The lowest BCUT2D eigenvalue weighted by Gasteiger charge is -2.07. The van der Waals surface area contributed by atoms with E-state index in [0.29, 0.717) is 28.7 Å². The molecule has 0 aliphatic carbocycles. The number of hydrogen-bond donors (Lipinski definition) is 2. The van der Waals surface area contributed by atoms with Crippen LogP contribution in [-0.4, -0.2) is 27.0 Å². The Balaban J connectivity index is 1.56. The van der Waals surface area contributed by atoms with Crippen LogP contribution in [-0.2, 0) is 13.0 Å². The Kier molecular flexibility index (Phi) is 5.23. The number of anilines is 1. The molecule has 0 unspecified atom stereocenters. The van der Waals surface area contributed by atoms with Gasteiger partial charge in [0, 0.05) is 23.9 Å². The number of aryl methyl sites for hydroxylation is 2. The first-order valence-electron chi connectivity index (χ1n) is 9.19. The minimum Gasteiger partial charge on any atom is -0.463 e. The van der Waals surface area contributed by atoms with Crippen molar-refractivity contribution in [2.75, 3.05) is 11.9 Å². The van der Waals surface area contributed by atoms with E-state index in [9.17, 15) is 4.79 Å². The molecule has 0 fully saturated rings. The van der Waals surface area contributed by atoms with Gasteiger partial charge in [0.25, 0.3) is 5.91 Å². The summed E-state index contributed by atoms with van der Waals surface area (Å²) >= 11 is 1.36. The highest BCUT2D eigenvalue weighted by Gasteiger charge is 2.14. The van der Waals surface area contributed by atoms with Crippen LogP contribution in [0.4, 0.5) is 5.13 Å². The Bertz CT molecular complexity index is 1100. The summed E-state index contributed by atoms with van der Waals surface area (Å²) < 4.78 is 7.52. The van der Waals surface area contributed by atoms with Crippen molar-refractivity contribution in [2.24, 2.45) is 5.73 Å². The lowest BCUT2D eigenvalue weighted by Crippen LogP contribution is -2.11. The van der Waals surface area contributed by atoms with Gasteiger partial charge < -0.3 is 14.7 Å². The van der Waals surface area contributed by atoms with Crippen molar-refractivity contribution in [1.82, 2.24) is 14.5 Å². The Morgan fingerprint density at radius 3 is 2.96 bits per heavy atom. The number of thiazole rings is 1. The Labute approximate surface area is 166 Å². The Morgan fingerprint density at radius 1 is 1.32 bits per heavy atom. The van der Waals surface area contributed by atoms with Gasteiger partial charge in [-0.15, -0.1) is 11.3 Å². The second-order valence-corrected chi connectivity index (χ2v) is 7.21. The Hall–Kier alpha value is -2.97. The fourth-order valence-corrected chi connectivity index (χ4v) is 3.82. The van der Waals surface area contributed by atoms with Gasteiger partial charge >= 0.3 is 0 Å². The van der Waals surface area contributed by atoms with Crippen LogP contribution in [0, 0.1) is 0 Å². The number of imidazole rings is 1. The highest BCUT2D eigenvalue weighted by molar-refractivity contribution is 7.14. The smallest absolute Gasteiger partial charge is 0.257 e. The SMILES string of the molecule is CCc1nc2cc(C(=O)Nc3nc(-c4ccco4)cs3)ccc2n1CCCN. The number of amides is 1. The van der Waals surface area contributed by atoms with E-state index in [1.807, 2.05) is 29.6 Å². The topological polar surface area (TPSA) is 99.0 Å². The molecular formula is C20H21N5O2S. The standard InChI is InChI=1S/C20H21N5O2S/c1-2-18-22-14-11-13(6-7-16(14)25(18)9-4-8-21)19(26)24-20-23-15(12-28-20)17-5-3-10-27-17/h3,5-7,10-12H,2,4,8-9,21H2,1H3,(H,23,24,26). The van der Waals surface area contributed by atoms with Crippen molar-refractivity contribution in [1.29, 1.82) is 0 Å². The second-order valence-electron chi connectivity index (χ2n) is 6.35. The monoisotopic (exact) mass is 395 g/mol. The number of nitrogens with zero attached hydrogens (tertiary/aromatic N) is 3. The van der Waals surface area contributed by atoms with Crippen molar-refractivity contribution in [3.05, 3.63) is 53.4 Å². The molecular weight excluding hydrogens is 374 g/mol. The number of hydrogen-bond acceptors (Lipinski definition) is 6. The van der Waals surface area contributed by atoms with Gasteiger partial charge in [0.1, 0.15) is 11.5 Å². The molecule has 0 radical (unpaired) electrons. The molecule has 144 valence electrons. The third kappa shape index (κ3) is 3.56. The predicted molar refractivity (Wildman–Crippen MR) is 111 cm³/mol. The van der Waals surface area contributed by atoms with E-state index >= 15 is 0 Å². The van der Waals surface area contributed by atoms with Gasteiger partial charge in [-0.25, -0.2) is 9.97 Å². The fourth-order valence-electron chi connectivity index (χ4n) is 3.13. The number of rotatable bonds is 7. The minimum atomic E-state index is -0.211. The van der Waals surface area contributed by atoms with Gasteiger partial charge in [0.2, 0.25) is 0 Å². The number of nitrogens with two attached hydrogens (primary N) is 1. The van der Waals surface area contributed by atoms with E-state index in [4.69, 9.17) is 10.2 Å². The minimum absolute atomic E-state index is 0.211. The van der Waals surface area contributed by atoms with Crippen molar-refractivity contribution < 1.29 is 9.21 Å². The van der Waals surface area contributed by atoms with Gasteiger partial charge in [0.05, 0.1) is 17.3 Å². The molecule has 0 bridgehead atoms. The number of fused-ring (bicyclic) bond motifs is 1. The zero-order valence-electron chi connectivity index (χ0n) is 15.5. The Morgan fingerprint density at radius 2 is 2.21 bits per heavy atom. The molecule has 0 atom stereocenters. The molecule has 0 saturated heterocycles. The van der Waals surface area contributed by atoms with E-state index in [1.54, 1.807) is 12.3 Å². The molecule has 0 aliphatic rings. The van der Waals surface area contributed by atoms with Crippen LogP contribution >= 0.6 is 11.3 Å². The number of carbonyl (C=O) groups excluding carboxylic acids is 1. The predicted octanol–water partition coefficient (Wildman–Crippen LogP) is 3.92. The van der Waals surface area contributed by atoms with Gasteiger partial charge in [-0.2, -0.15) is 0 Å². The molecule has 3 heterocycles. The third-order valence-electron chi connectivity index (χ3n) is 4.49. The number of aromatic nitrogens is 3. The largest absolute Gasteiger partial charge is 0.463 e. The lowest BCUT2D eigenvalue weighted by atomic mass is 10.2. The summed E-state index contributed by atoms with van der Waals surface area (Å²) in [4.78, 5) is 21.8. The van der Waals surface area contributed by atoms with Gasteiger partial charge in [-0.1, -0.05) is 6.92 Å². The normalized spacial score (nSPS) is 11.2. The average molecular weight is 395 g/mol. The number of nitrogens with one attached hydrogen (secondary N) is 1. The summed E-state index contributed by atoms with van der Waals surface area (Å²) in [6.45, 7) is 3.54. The maximum Gasteiger partial charge on any atom is 0.257 e. The van der Waals surface area contributed by atoms with Crippen molar-refractivity contribution in [2.45, 2.75) is 26.3 Å². The maximum absolute atomic E-state index is 12.7. The van der Waals surface area contributed by atoms with Crippen LogP contribution in [0.25, 0.3) is 22.5 Å². The molecule has 4 aromatic rings. The van der Waals surface area contributed by atoms with E-state index < -0.39 is 0 Å². The third-order valence-corrected chi connectivity index (χ3v) is 5.25. The first-order valence-corrected chi connectivity index (χ1v) is 10.1. The zero-order valence-corrected chi connectivity index (χ0v) is 16.3. The summed E-state index contributed by atoms with van der Waals surface area (Å²) in [5.41, 5.74) is 8.74. The molecule has 3 aromatic heterocycles. The van der Waals surface area contributed by atoms with Crippen molar-refractivity contribution >= 4 is 33.4 Å².